The second-order valence-corrected chi connectivity index (χ2v) is 7.12. The fraction of sp³-hybridized carbons (Fsp3) is 0.125. The second kappa shape index (κ2) is 6.06. The molecular formula is C16H11BrO4S. The van der Waals surface area contributed by atoms with E-state index >= 15 is 0 Å². The van der Waals surface area contributed by atoms with Crippen LogP contribution in [0.15, 0.2) is 44.6 Å². The molecule has 0 aliphatic rings. The van der Waals surface area contributed by atoms with Crippen molar-refractivity contribution >= 4 is 50.0 Å². The lowest BCUT2D eigenvalue weighted by molar-refractivity contribution is 0.0446. The van der Waals surface area contributed by atoms with Gasteiger partial charge in [0.1, 0.15) is 5.58 Å². The van der Waals surface area contributed by atoms with E-state index in [-0.39, 0.29) is 18.2 Å². The molecule has 3 rings (SSSR count). The Labute approximate surface area is 138 Å². The lowest BCUT2D eigenvalue weighted by Gasteiger charge is -2.01. The molecule has 0 saturated heterocycles. The number of Topliss-reactive ketones (excluding diaryl/α,β-unsaturated/α-hetero) is 1. The molecule has 0 saturated carbocycles. The number of hydrogen-bond donors (Lipinski definition) is 0. The topological polar surface area (TPSA) is 56.5 Å². The first-order valence-corrected chi connectivity index (χ1v) is 8.11. The number of fused-ring (bicyclic) bond motifs is 1. The van der Waals surface area contributed by atoms with Gasteiger partial charge in [-0.05, 0) is 41.1 Å². The number of aryl methyl sites for hydroxylation is 1. The number of ketones is 1. The SMILES string of the molecule is Cc1c(C(=O)OCC(=O)c2ccc(Br)s2)oc2ccccc12. The van der Waals surface area contributed by atoms with Crippen LogP contribution in [0.1, 0.15) is 25.8 Å². The second-order valence-electron chi connectivity index (χ2n) is 4.66. The summed E-state index contributed by atoms with van der Waals surface area (Å²) in [6, 6.07) is 10.8. The average Bonchev–Trinajstić information content (AvgIpc) is 3.09. The van der Waals surface area contributed by atoms with Crippen molar-refractivity contribution in [1.29, 1.82) is 0 Å². The molecule has 4 nitrogen and oxygen atoms in total. The molecule has 0 aliphatic heterocycles. The minimum Gasteiger partial charge on any atom is -0.451 e. The molecule has 0 N–H and O–H groups in total. The van der Waals surface area contributed by atoms with E-state index < -0.39 is 5.97 Å². The molecule has 0 aliphatic carbocycles. The Hall–Kier alpha value is -1.92. The van der Waals surface area contributed by atoms with Gasteiger partial charge in [0, 0.05) is 10.9 Å². The summed E-state index contributed by atoms with van der Waals surface area (Å²) < 4.78 is 11.4. The normalized spacial score (nSPS) is 10.8. The Morgan fingerprint density at radius 1 is 1.23 bits per heavy atom. The number of esters is 1. The molecule has 0 bridgehead atoms. The number of ether oxygens (including phenoxy) is 1. The molecule has 1 aromatic carbocycles. The Balaban J connectivity index is 1.73. The maximum atomic E-state index is 12.1. The Morgan fingerprint density at radius 3 is 2.68 bits per heavy atom. The zero-order valence-electron chi connectivity index (χ0n) is 11.6. The molecular weight excluding hydrogens is 368 g/mol. The first-order chi connectivity index (χ1) is 10.6. The summed E-state index contributed by atoms with van der Waals surface area (Å²) in [5, 5.41) is 0.864. The van der Waals surface area contributed by atoms with E-state index in [0.717, 1.165) is 9.17 Å². The quantitative estimate of drug-likeness (QED) is 0.491. The molecule has 112 valence electrons. The lowest BCUT2D eigenvalue weighted by atomic mass is 10.1. The van der Waals surface area contributed by atoms with Crippen LogP contribution in [-0.2, 0) is 4.74 Å². The van der Waals surface area contributed by atoms with Gasteiger partial charge >= 0.3 is 5.97 Å². The van der Waals surface area contributed by atoms with Gasteiger partial charge in [-0.3, -0.25) is 4.79 Å². The highest BCUT2D eigenvalue weighted by Crippen LogP contribution is 2.26. The summed E-state index contributed by atoms with van der Waals surface area (Å²) in [5.74, 6) is -0.725. The van der Waals surface area contributed by atoms with Crippen molar-refractivity contribution in [2.24, 2.45) is 0 Å². The molecule has 2 heterocycles. The maximum Gasteiger partial charge on any atom is 0.375 e. The van der Waals surface area contributed by atoms with Crippen molar-refractivity contribution in [2.75, 3.05) is 6.61 Å². The average molecular weight is 379 g/mol. The van der Waals surface area contributed by atoms with Crippen LogP contribution in [0.3, 0.4) is 0 Å². The number of rotatable bonds is 4. The minimum atomic E-state index is -0.627. The highest BCUT2D eigenvalue weighted by molar-refractivity contribution is 9.11. The van der Waals surface area contributed by atoms with Crippen LogP contribution in [0, 0.1) is 6.92 Å². The Kier molecular flexibility index (Phi) is 4.13. The van der Waals surface area contributed by atoms with Crippen LogP contribution in [0.4, 0.5) is 0 Å². The monoisotopic (exact) mass is 378 g/mol. The minimum absolute atomic E-state index is 0.140. The molecule has 0 atom stereocenters. The molecule has 6 heteroatoms. The summed E-state index contributed by atoms with van der Waals surface area (Å²) in [6.45, 7) is 1.49. The number of benzene rings is 1. The predicted octanol–water partition coefficient (Wildman–Crippen LogP) is 4.60. The van der Waals surface area contributed by atoms with Gasteiger partial charge in [-0.2, -0.15) is 0 Å². The van der Waals surface area contributed by atoms with E-state index in [9.17, 15) is 9.59 Å². The number of halogens is 1. The van der Waals surface area contributed by atoms with E-state index in [1.54, 1.807) is 25.1 Å². The Bertz CT molecular complexity index is 862. The number of furan rings is 1. The standard InChI is InChI=1S/C16H11BrO4S/c1-9-10-4-2-3-5-12(10)21-15(9)16(19)20-8-11(18)13-6-7-14(17)22-13/h2-7H,8H2,1H3. The largest absolute Gasteiger partial charge is 0.451 e. The van der Waals surface area contributed by atoms with Gasteiger partial charge in [-0.15, -0.1) is 11.3 Å². The smallest absolute Gasteiger partial charge is 0.375 e. The van der Waals surface area contributed by atoms with Gasteiger partial charge in [0.25, 0.3) is 0 Å². The van der Waals surface area contributed by atoms with Gasteiger partial charge in [-0.25, -0.2) is 4.79 Å². The van der Waals surface area contributed by atoms with Crippen LogP contribution < -0.4 is 0 Å². The van der Waals surface area contributed by atoms with E-state index in [2.05, 4.69) is 15.9 Å². The van der Waals surface area contributed by atoms with Crippen LogP contribution >= 0.6 is 27.3 Å². The van der Waals surface area contributed by atoms with Crippen molar-refractivity contribution in [2.45, 2.75) is 6.92 Å². The zero-order chi connectivity index (χ0) is 15.7. The van der Waals surface area contributed by atoms with Crippen LogP contribution in [0.25, 0.3) is 11.0 Å². The summed E-state index contributed by atoms with van der Waals surface area (Å²) in [6.07, 6.45) is 0. The number of para-hydroxylation sites is 1. The van der Waals surface area contributed by atoms with Crippen LogP contribution in [0.2, 0.25) is 0 Å². The van der Waals surface area contributed by atoms with Crippen molar-refractivity contribution in [1.82, 2.24) is 0 Å². The van der Waals surface area contributed by atoms with Crippen molar-refractivity contribution < 1.29 is 18.7 Å². The number of carbonyl (C=O) groups is 2. The van der Waals surface area contributed by atoms with Gasteiger partial charge in [0.05, 0.1) is 8.66 Å². The predicted molar refractivity (Wildman–Crippen MR) is 87.6 cm³/mol. The third kappa shape index (κ3) is 2.84. The highest BCUT2D eigenvalue weighted by Gasteiger charge is 2.20. The number of thiophene rings is 1. The first kappa shape index (κ1) is 15.0. The van der Waals surface area contributed by atoms with Crippen LogP contribution in [-0.4, -0.2) is 18.4 Å². The molecule has 2 aromatic heterocycles. The fourth-order valence-corrected chi connectivity index (χ4v) is 3.41. The summed E-state index contributed by atoms with van der Waals surface area (Å²) in [7, 11) is 0. The first-order valence-electron chi connectivity index (χ1n) is 6.50. The van der Waals surface area contributed by atoms with Crippen LogP contribution in [0.5, 0.6) is 0 Å². The summed E-state index contributed by atoms with van der Waals surface area (Å²) >= 11 is 4.59. The van der Waals surface area contributed by atoms with Gasteiger partial charge in [0.2, 0.25) is 11.5 Å². The third-order valence-corrected chi connectivity index (χ3v) is 4.88. The molecule has 0 unspecified atom stereocenters. The van der Waals surface area contributed by atoms with Crippen molar-refractivity contribution in [3.05, 3.63) is 56.4 Å². The maximum absolute atomic E-state index is 12.1. The third-order valence-electron chi connectivity index (χ3n) is 3.21. The number of hydrogen-bond acceptors (Lipinski definition) is 5. The molecule has 0 spiro atoms. The molecule has 3 aromatic rings. The van der Waals surface area contributed by atoms with E-state index in [0.29, 0.717) is 16.0 Å². The number of carbonyl (C=O) groups excluding carboxylic acids is 2. The lowest BCUT2D eigenvalue weighted by Crippen LogP contribution is -2.13. The molecule has 0 amide bonds. The molecule has 0 radical (unpaired) electrons. The van der Waals surface area contributed by atoms with E-state index in [4.69, 9.17) is 9.15 Å². The van der Waals surface area contributed by atoms with Crippen molar-refractivity contribution in [3.63, 3.8) is 0 Å². The Morgan fingerprint density at radius 2 is 2.00 bits per heavy atom. The fourth-order valence-electron chi connectivity index (χ4n) is 2.10. The van der Waals surface area contributed by atoms with E-state index in [1.807, 2.05) is 18.2 Å². The van der Waals surface area contributed by atoms with Crippen molar-refractivity contribution in [3.8, 4) is 0 Å². The molecule has 22 heavy (non-hydrogen) atoms. The van der Waals surface area contributed by atoms with E-state index in [1.165, 1.54) is 11.3 Å². The highest BCUT2D eigenvalue weighted by atomic mass is 79.9. The molecule has 0 fully saturated rings. The van der Waals surface area contributed by atoms with Gasteiger partial charge < -0.3 is 9.15 Å². The summed E-state index contributed by atoms with van der Waals surface area (Å²) in [4.78, 5) is 24.6. The van der Waals surface area contributed by atoms with Gasteiger partial charge in [0.15, 0.2) is 6.61 Å². The zero-order valence-corrected chi connectivity index (χ0v) is 14.0. The van der Waals surface area contributed by atoms with Gasteiger partial charge in [-0.1, -0.05) is 18.2 Å². The summed E-state index contributed by atoms with van der Waals surface area (Å²) in [5.41, 5.74) is 1.34.